The fourth-order valence-corrected chi connectivity index (χ4v) is 1.99. The van der Waals surface area contributed by atoms with Gasteiger partial charge in [-0.15, -0.1) is 0 Å². The van der Waals surface area contributed by atoms with E-state index in [9.17, 15) is 10.2 Å². The van der Waals surface area contributed by atoms with E-state index < -0.39 is 5.91 Å². The second-order valence-corrected chi connectivity index (χ2v) is 4.00. The summed E-state index contributed by atoms with van der Waals surface area (Å²) < 4.78 is 0. The van der Waals surface area contributed by atoms with Crippen molar-refractivity contribution in [3.63, 3.8) is 0 Å². The van der Waals surface area contributed by atoms with E-state index in [-0.39, 0.29) is 11.4 Å². The Hall–Kier alpha value is -2.12. The molecule has 96 valence electrons. The van der Waals surface area contributed by atoms with Gasteiger partial charge in [0.1, 0.15) is 0 Å². The van der Waals surface area contributed by atoms with Crippen molar-refractivity contribution in [2.24, 2.45) is 5.10 Å². The van der Waals surface area contributed by atoms with Crippen LogP contribution >= 0.6 is 0 Å². The lowest BCUT2D eigenvalue weighted by atomic mass is 9.94. The first-order valence-electron chi connectivity index (χ1n) is 5.32. The molecule has 0 saturated heterocycles. The lowest BCUT2D eigenvalue weighted by molar-refractivity contribution is -0.0950. The zero-order valence-corrected chi connectivity index (χ0v) is 10.1. The fraction of sp³-hybridized carbons (Fsp3) is 0.273. The van der Waals surface area contributed by atoms with Crippen LogP contribution in [0, 0.1) is 5.41 Å². The molecule has 0 saturated carbocycles. The van der Waals surface area contributed by atoms with Crippen molar-refractivity contribution in [2.45, 2.75) is 5.91 Å². The first-order valence-corrected chi connectivity index (χ1v) is 5.32. The van der Waals surface area contributed by atoms with Crippen molar-refractivity contribution in [1.82, 2.24) is 5.43 Å². The van der Waals surface area contributed by atoms with Crippen LogP contribution in [-0.4, -0.2) is 41.6 Å². The molecule has 0 bridgehead atoms. The van der Waals surface area contributed by atoms with Crippen molar-refractivity contribution in [2.75, 3.05) is 24.7 Å². The number of hydrazone groups is 1. The third-order valence-corrected chi connectivity index (χ3v) is 2.92. The smallest absolute Gasteiger partial charge is 0.296 e. The lowest BCUT2D eigenvalue weighted by Crippen LogP contribution is -2.59. The summed E-state index contributed by atoms with van der Waals surface area (Å²) in [4.78, 5) is 1.19. The van der Waals surface area contributed by atoms with Crippen LogP contribution in [0.25, 0.3) is 0 Å². The number of hydrogen-bond acceptors (Lipinski definition) is 7. The molecule has 1 heterocycles. The molecule has 2 rings (SSSR count). The van der Waals surface area contributed by atoms with E-state index in [2.05, 4.69) is 10.5 Å². The minimum Gasteiger partial charge on any atom is -0.397 e. The molecule has 7 nitrogen and oxygen atoms in total. The van der Waals surface area contributed by atoms with Gasteiger partial charge in [-0.3, -0.25) is 5.41 Å². The number of anilines is 2. The number of nitrogens with zero attached hydrogens (tertiary/aromatic N) is 2. The van der Waals surface area contributed by atoms with E-state index >= 15 is 0 Å². The van der Waals surface area contributed by atoms with Crippen LogP contribution in [0.5, 0.6) is 0 Å². The van der Waals surface area contributed by atoms with E-state index in [1.54, 1.807) is 18.2 Å². The van der Waals surface area contributed by atoms with Gasteiger partial charge in [-0.1, -0.05) is 12.1 Å². The minimum absolute atomic E-state index is 0.0743. The van der Waals surface area contributed by atoms with E-state index in [1.165, 1.54) is 19.0 Å². The van der Waals surface area contributed by atoms with Gasteiger partial charge in [-0.25, -0.2) is 0 Å². The summed E-state index contributed by atoms with van der Waals surface area (Å²) in [6, 6.07) is 5.03. The van der Waals surface area contributed by atoms with Gasteiger partial charge < -0.3 is 26.3 Å². The number of benzene rings is 1. The Morgan fingerprint density at radius 1 is 1.44 bits per heavy atom. The quantitative estimate of drug-likeness (QED) is 0.256. The number of nitrogens with two attached hydrogens (primary N) is 1. The van der Waals surface area contributed by atoms with Crippen molar-refractivity contribution >= 4 is 22.8 Å². The SMILES string of the molecule is CN/N=C1\C(=N)c2cccc(N)c2N(C)C1(O)O. The van der Waals surface area contributed by atoms with Crippen LogP contribution in [0.4, 0.5) is 11.4 Å². The molecule has 1 aliphatic rings. The fourth-order valence-electron chi connectivity index (χ4n) is 1.99. The second-order valence-electron chi connectivity index (χ2n) is 4.00. The van der Waals surface area contributed by atoms with Crippen molar-refractivity contribution < 1.29 is 10.2 Å². The number of aliphatic hydroxyl groups is 2. The van der Waals surface area contributed by atoms with Gasteiger partial charge in [0.05, 0.1) is 17.1 Å². The maximum absolute atomic E-state index is 10.1. The average Bonchev–Trinajstić information content (AvgIpc) is 2.32. The van der Waals surface area contributed by atoms with Crippen molar-refractivity contribution in [1.29, 1.82) is 5.41 Å². The predicted molar refractivity (Wildman–Crippen MR) is 69.7 cm³/mol. The Bertz CT molecular complexity index is 538. The molecule has 18 heavy (non-hydrogen) atoms. The molecule has 0 aliphatic carbocycles. The summed E-state index contributed by atoms with van der Waals surface area (Å²) in [5, 5.41) is 31.9. The summed E-state index contributed by atoms with van der Waals surface area (Å²) in [5.74, 6) is -2.37. The van der Waals surface area contributed by atoms with Gasteiger partial charge in [0.25, 0.3) is 5.91 Å². The van der Waals surface area contributed by atoms with E-state index in [4.69, 9.17) is 11.1 Å². The van der Waals surface area contributed by atoms with Gasteiger partial charge in [0.15, 0.2) is 5.71 Å². The molecule has 0 radical (unpaired) electrons. The highest BCUT2D eigenvalue weighted by Crippen LogP contribution is 2.36. The largest absolute Gasteiger partial charge is 0.397 e. The molecule has 0 atom stereocenters. The summed E-state index contributed by atoms with van der Waals surface area (Å²) in [6.45, 7) is 0. The first kappa shape index (κ1) is 12.3. The number of nitrogen functional groups attached to an aromatic ring is 1. The molecule has 0 amide bonds. The van der Waals surface area contributed by atoms with Crippen molar-refractivity contribution in [3.05, 3.63) is 23.8 Å². The van der Waals surface area contributed by atoms with E-state index in [1.807, 2.05) is 0 Å². The van der Waals surface area contributed by atoms with Crippen LogP contribution in [0.15, 0.2) is 23.3 Å². The topological polar surface area (TPSA) is 118 Å². The zero-order chi connectivity index (χ0) is 13.5. The summed E-state index contributed by atoms with van der Waals surface area (Å²) in [6.07, 6.45) is 0. The number of nitrogens with one attached hydrogen (secondary N) is 2. The lowest BCUT2D eigenvalue weighted by Gasteiger charge is -2.40. The van der Waals surface area contributed by atoms with E-state index in [0.717, 1.165) is 0 Å². The van der Waals surface area contributed by atoms with Crippen LogP contribution in [0.2, 0.25) is 0 Å². The maximum Gasteiger partial charge on any atom is 0.296 e. The molecule has 0 unspecified atom stereocenters. The molecule has 0 spiro atoms. The monoisotopic (exact) mass is 249 g/mol. The predicted octanol–water partition coefficient (Wildman–Crippen LogP) is -0.700. The van der Waals surface area contributed by atoms with E-state index in [0.29, 0.717) is 16.9 Å². The van der Waals surface area contributed by atoms with Crippen LogP contribution in [-0.2, 0) is 0 Å². The molecular weight excluding hydrogens is 234 g/mol. The highest BCUT2D eigenvalue weighted by molar-refractivity contribution is 6.52. The summed E-state index contributed by atoms with van der Waals surface area (Å²) in [5.41, 5.74) is 9.31. The Labute approximate surface area is 104 Å². The second kappa shape index (κ2) is 3.97. The summed E-state index contributed by atoms with van der Waals surface area (Å²) in [7, 11) is 3.00. The average molecular weight is 249 g/mol. The standard InChI is InChI=1S/C11H15N5O2/c1-14-15-10-8(13)6-4-3-5-7(12)9(6)16(2)11(10,17)18/h3-5,13-14,17-18H,12H2,1-2H3/b13-8?,15-10+. The maximum atomic E-state index is 10.1. The highest BCUT2D eigenvalue weighted by Gasteiger charge is 2.45. The first-order chi connectivity index (χ1) is 8.41. The number of para-hydroxylation sites is 1. The Balaban J connectivity index is 2.72. The Morgan fingerprint density at radius 3 is 2.72 bits per heavy atom. The Morgan fingerprint density at radius 2 is 2.11 bits per heavy atom. The number of rotatable bonds is 1. The third kappa shape index (κ3) is 1.52. The molecule has 1 aromatic carbocycles. The third-order valence-electron chi connectivity index (χ3n) is 2.92. The van der Waals surface area contributed by atoms with Crippen LogP contribution in [0.1, 0.15) is 5.56 Å². The van der Waals surface area contributed by atoms with Gasteiger partial charge in [-0.05, 0) is 6.07 Å². The van der Waals surface area contributed by atoms with Crippen LogP contribution in [0.3, 0.4) is 0 Å². The van der Waals surface area contributed by atoms with Gasteiger partial charge in [0, 0.05) is 19.7 Å². The normalized spacial score (nSPS) is 19.9. The van der Waals surface area contributed by atoms with Crippen LogP contribution < -0.4 is 16.1 Å². The molecule has 1 aliphatic heterocycles. The Kier molecular flexibility index (Phi) is 2.72. The van der Waals surface area contributed by atoms with Gasteiger partial charge in [0.2, 0.25) is 0 Å². The zero-order valence-electron chi connectivity index (χ0n) is 10.1. The number of fused-ring (bicyclic) bond motifs is 1. The summed E-state index contributed by atoms with van der Waals surface area (Å²) >= 11 is 0. The highest BCUT2D eigenvalue weighted by atomic mass is 16.5. The number of hydrogen-bond donors (Lipinski definition) is 5. The van der Waals surface area contributed by atoms with Gasteiger partial charge >= 0.3 is 0 Å². The molecular formula is C11H15N5O2. The van der Waals surface area contributed by atoms with Gasteiger partial charge in [-0.2, -0.15) is 5.10 Å². The molecule has 0 fully saturated rings. The molecule has 7 heteroatoms. The minimum atomic E-state index is -2.37. The molecule has 1 aromatic rings. The van der Waals surface area contributed by atoms with Crippen molar-refractivity contribution in [3.8, 4) is 0 Å². The molecule has 6 N–H and O–H groups in total. The molecule has 0 aromatic heterocycles.